The van der Waals surface area contributed by atoms with E-state index in [9.17, 15) is 9.90 Å². The van der Waals surface area contributed by atoms with Crippen molar-refractivity contribution in [2.45, 2.75) is 33.1 Å². The topological polar surface area (TPSA) is 50.4 Å². The van der Waals surface area contributed by atoms with Crippen LogP contribution in [0.3, 0.4) is 0 Å². The maximum Gasteiger partial charge on any atom is 0.343 e. The van der Waals surface area contributed by atoms with E-state index in [4.69, 9.17) is 4.42 Å². The highest BCUT2D eigenvalue weighted by Crippen LogP contribution is 2.38. The van der Waals surface area contributed by atoms with Crippen LogP contribution < -0.4 is 5.63 Å². The van der Waals surface area contributed by atoms with Crippen molar-refractivity contribution in [3.8, 4) is 5.75 Å². The van der Waals surface area contributed by atoms with Gasteiger partial charge in [0.15, 0.2) is 0 Å². The van der Waals surface area contributed by atoms with Crippen LogP contribution in [0, 0.1) is 11.8 Å². The molecular weight excluding hydrogens is 312 g/mol. The van der Waals surface area contributed by atoms with Gasteiger partial charge in [0.05, 0.1) is 10.9 Å². The smallest absolute Gasteiger partial charge is 0.343 e. The summed E-state index contributed by atoms with van der Waals surface area (Å²) in [6.45, 7) is 6.53. The van der Waals surface area contributed by atoms with Crippen LogP contribution in [0.1, 0.15) is 44.2 Å². The zero-order valence-corrected chi connectivity index (χ0v) is 14.9. The van der Waals surface area contributed by atoms with E-state index in [-0.39, 0.29) is 11.7 Å². The molecule has 0 saturated heterocycles. The van der Waals surface area contributed by atoms with Gasteiger partial charge in [-0.15, -0.1) is 0 Å². The zero-order chi connectivity index (χ0) is 18.0. The van der Waals surface area contributed by atoms with E-state index in [2.05, 4.69) is 20.8 Å². The van der Waals surface area contributed by atoms with E-state index in [0.29, 0.717) is 28.4 Å². The molecule has 3 heteroatoms. The molecule has 0 amide bonds. The molecule has 0 saturated carbocycles. The third-order valence-corrected chi connectivity index (χ3v) is 5.12. The molecule has 1 N–H and O–H groups in total. The van der Waals surface area contributed by atoms with Crippen molar-refractivity contribution in [2.24, 2.45) is 11.8 Å². The summed E-state index contributed by atoms with van der Waals surface area (Å²) in [4.78, 5) is 12.7. The molecule has 3 aromatic rings. The average Bonchev–Trinajstić information content (AvgIpc) is 2.61. The summed E-state index contributed by atoms with van der Waals surface area (Å²) in [5, 5.41) is 11.4. The predicted molar refractivity (Wildman–Crippen MR) is 101 cm³/mol. The highest BCUT2D eigenvalue weighted by Gasteiger charge is 2.26. The van der Waals surface area contributed by atoms with Crippen molar-refractivity contribution in [3.05, 3.63) is 76.1 Å². The van der Waals surface area contributed by atoms with E-state index in [1.807, 2.05) is 36.4 Å². The van der Waals surface area contributed by atoms with Crippen LogP contribution in [-0.2, 0) is 0 Å². The number of aromatic hydroxyl groups is 1. The van der Waals surface area contributed by atoms with E-state index < -0.39 is 5.63 Å². The van der Waals surface area contributed by atoms with Gasteiger partial charge in [0.2, 0.25) is 0 Å². The molecule has 130 valence electrons. The van der Waals surface area contributed by atoms with E-state index >= 15 is 0 Å². The van der Waals surface area contributed by atoms with Crippen molar-refractivity contribution in [2.75, 3.05) is 0 Å². The first-order valence-electron chi connectivity index (χ1n) is 8.78. The molecular formula is C22H24O3. The molecule has 0 spiro atoms. The number of fused-ring (bicyclic) bond motifs is 1. The van der Waals surface area contributed by atoms with Crippen molar-refractivity contribution in [1.82, 2.24) is 0 Å². The minimum absolute atomic E-state index is 0.0386. The maximum absolute atomic E-state index is 12.7. The number of benzene rings is 2. The third-order valence-electron chi connectivity index (χ3n) is 5.12. The van der Waals surface area contributed by atoms with E-state index in [1.54, 1.807) is 18.2 Å². The largest absolute Gasteiger partial charge is 0.507 e. The molecule has 3 nitrogen and oxygen atoms in total. The summed E-state index contributed by atoms with van der Waals surface area (Å²) >= 11 is 0. The lowest BCUT2D eigenvalue weighted by Gasteiger charge is -2.24. The summed E-state index contributed by atoms with van der Waals surface area (Å²) < 4.78 is 5.50. The van der Waals surface area contributed by atoms with Crippen molar-refractivity contribution < 1.29 is 9.52 Å². The van der Waals surface area contributed by atoms with Gasteiger partial charge in [0, 0.05) is 5.92 Å². The summed E-state index contributed by atoms with van der Waals surface area (Å²) in [6, 6.07) is 17.0. The lowest BCUT2D eigenvalue weighted by molar-refractivity contribution is 0.365. The summed E-state index contributed by atoms with van der Waals surface area (Å²) in [6.07, 6.45) is 0.776. The molecule has 0 radical (unpaired) electrons. The molecule has 0 aliphatic rings. The molecule has 2 unspecified atom stereocenters. The Labute approximate surface area is 147 Å². The van der Waals surface area contributed by atoms with Gasteiger partial charge < -0.3 is 9.52 Å². The van der Waals surface area contributed by atoms with Crippen molar-refractivity contribution >= 4 is 11.0 Å². The van der Waals surface area contributed by atoms with Crippen molar-refractivity contribution in [1.29, 1.82) is 0 Å². The minimum Gasteiger partial charge on any atom is -0.507 e. The van der Waals surface area contributed by atoms with Gasteiger partial charge in [-0.1, -0.05) is 63.2 Å². The molecule has 2 atom stereocenters. The number of para-hydroxylation sites is 1. The number of hydrogen-bond donors (Lipinski definition) is 1. The fraction of sp³-hybridized carbons (Fsp3) is 0.318. The summed E-state index contributed by atoms with van der Waals surface area (Å²) in [5.74, 6) is 0.729. The molecule has 1 aromatic heterocycles. The van der Waals surface area contributed by atoms with Crippen LogP contribution in [0.2, 0.25) is 0 Å². The summed E-state index contributed by atoms with van der Waals surface area (Å²) in [5.41, 5.74) is 1.34. The summed E-state index contributed by atoms with van der Waals surface area (Å²) in [7, 11) is 0. The highest BCUT2D eigenvalue weighted by atomic mass is 16.4. The van der Waals surface area contributed by atoms with Crippen LogP contribution in [0.15, 0.2) is 63.8 Å². The van der Waals surface area contributed by atoms with E-state index in [1.165, 1.54) is 0 Å². The predicted octanol–water partition coefficient (Wildman–Crippen LogP) is 5.31. The molecule has 0 aliphatic heterocycles. The van der Waals surface area contributed by atoms with Crippen molar-refractivity contribution in [3.63, 3.8) is 0 Å². The molecule has 0 aliphatic carbocycles. The first-order chi connectivity index (χ1) is 12.0. The first-order valence-corrected chi connectivity index (χ1v) is 8.78. The van der Waals surface area contributed by atoms with Gasteiger partial charge in [-0.25, -0.2) is 4.79 Å². The minimum atomic E-state index is -0.457. The molecule has 3 rings (SSSR count). The standard InChI is InChI=1S/C22H24O3/c1-14(2)15(3)13-18(16-9-5-4-6-10-16)20-21(23)17-11-7-8-12-19(17)25-22(20)24/h4-12,14-15,18,23H,13H2,1-3H3. The van der Waals surface area contributed by atoms with E-state index in [0.717, 1.165) is 12.0 Å². The molecule has 0 fully saturated rings. The molecule has 0 bridgehead atoms. The van der Waals surface area contributed by atoms with Gasteiger partial charge in [-0.3, -0.25) is 0 Å². The Kier molecular flexibility index (Phi) is 4.93. The SMILES string of the molecule is CC(C)C(C)CC(c1ccccc1)c1c(O)c2ccccc2oc1=O. The quantitative estimate of drug-likeness (QED) is 0.642. The Morgan fingerprint density at radius 2 is 1.60 bits per heavy atom. The second kappa shape index (κ2) is 7.14. The lowest BCUT2D eigenvalue weighted by atomic mass is 9.80. The Morgan fingerprint density at radius 1 is 0.960 bits per heavy atom. The Morgan fingerprint density at radius 3 is 2.28 bits per heavy atom. The van der Waals surface area contributed by atoms with Gasteiger partial charge >= 0.3 is 5.63 Å². The Hall–Kier alpha value is -2.55. The van der Waals surface area contributed by atoms with Crippen LogP contribution in [0.4, 0.5) is 0 Å². The van der Waals surface area contributed by atoms with Crippen LogP contribution in [0.5, 0.6) is 5.75 Å². The fourth-order valence-electron chi connectivity index (χ4n) is 3.21. The first kappa shape index (κ1) is 17.3. The lowest BCUT2D eigenvalue weighted by Crippen LogP contribution is -2.18. The number of rotatable bonds is 5. The molecule has 25 heavy (non-hydrogen) atoms. The Bertz CT molecular complexity index is 909. The normalized spacial score (nSPS) is 13.9. The number of hydrogen-bond acceptors (Lipinski definition) is 3. The van der Waals surface area contributed by atoms with Gasteiger partial charge in [0.25, 0.3) is 0 Å². The molecule has 2 aromatic carbocycles. The van der Waals surface area contributed by atoms with Crippen LogP contribution >= 0.6 is 0 Å². The van der Waals surface area contributed by atoms with Gasteiger partial charge in [-0.05, 0) is 36.0 Å². The van der Waals surface area contributed by atoms with Crippen LogP contribution in [-0.4, -0.2) is 5.11 Å². The zero-order valence-electron chi connectivity index (χ0n) is 14.9. The van der Waals surface area contributed by atoms with Gasteiger partial charge in [-0.2, -0.15) is 0 Å². The second-order valence-electron chi connectivity index (χ2n) is 7.07. The average molecular weight is 336 g/mol. The molecule has 1 heterocycles. The third kappa shape index (κ3) is 3.46. The maximum atomic E-state index is 12.7. The Balaban J connectivity index is 2.19. The second-order valence-corrected chi connectivity index (χ2v) is 7.07. The highest BCUT2D eigenvalue weighted by molar-refractivity contribution is 5.84. The van der Waals surface area contributed by atoms with Crippen LogP contribution in [0.25, 0.3) is 11.0 Å². The van der Waals surface area contributed by atoms with Gasteiger partial charge in [0.1, 0.15) is 11.3 Å². The monoisotopic (exact) mass is 336 g/mol. The fourth-order valence-corrected chi connectivity index (χ4v) is 3.21.